The Hall–Kier alpha value is -4.99. The maximum absolute atomic E-state index is 13.4. The Morgan fingerprint density at radius 2 is 1.56 bits per heavy atom. The van der Waals surface area contributed by atoms with Gasteiger partial charge in [0.2, 0.25) is 0 Å². The number of anilines is 1. The van der Waals surface area contributed by atoms with Crippen LogP contribution in [0.25, 0.3) is 11.1 Å². The lowest BCUT2D eigenvalue weighted by Crippen LogP contribution is -2.33. The van der Waals surface area contributed by atoms with E-state index in [1.165, 1.54) is 24.4 Å². The summed E-state index contributed by atoms with van der Waals surface area (Å²) in [5, 5.41) is 12.4. The monoisotopic (exact) mass is 534 g/mol. The molecule has 0 saturated carbocycles. The Bertz CT molecular complexity index is 1560. The van der Waals surface area contributed by atoms with Crippen LogP contribution < -0.4 is 10.9 Å². The second kappa shape index (κ2) is 11.2. The number of pyridine rings is 1. The molecule has 3 aromatic carbocycles. The van der Waals surface area contributed by atoms with Gasteiger partial charge in [0.15, 0.2) is 0 Å². The number of carbonyl (C=O) groups is 3. The Morgan fingerprint density at radius 1 is 0.923 bits per heavy atom. The van der Waals surface area contributed by atoms with Gasteiger partial charge in [-0.3, -0.25) is 19.0 Å². The summed E-state index contributed by atoms with van der Waals surface area (Å²) < 4.78 is 39.7. The van der Waals surface area contributed by atoms with Gasteiger partial charge in [-0.1, -0.05) is 54.6 Å². The molecule has 0 aliphatic carbocycles. The topological polar surface area (TPSA) is 105 Å². The molecule has 0 radical (unpaired) electrons. The third kappa shape index (κ3) is 6.30. The molecular formula is C29H21F3N2O5. The van der Waals surface area contributed by atoms with Gasteiger partial charge in [0.05, 0.1) is 5.56 Å². The summed E-state index contributed by atoms with van der Waals surface area (Å²) in [5.41, 5.74) is -0.190. The quantitative estimate of drug-likeness (QED) is 0.292. The van der Waals surface area contributed by atoms with Gasteiger partial charge in [0.1, 0.15) is 18.0 Å². The zero-order valence-corrected chi connectivity index (χ0v) is 20.2. The van der Waals surface area contributed by atoms with Gasteiger partial charge < -0.3 is 10.4 Å². The number of carboxylic acids is 1. The number of benzene rings is 3. The van der Waals surface area contributed by atoms with Crippen molar-refractivity contribution in [2.24, 2.45) is 0 Å². The van der Waals surface area contributed by atoms with Gasteiger partial charge in [0.25, 0.3) is 11.5 Å². The minimum Gasteiger partial charge on any atom is -0.480 e. The summed E-state index contributed by atoms with van der Waals surface area (Å²) in [6.07, 6.45) is -2.61. The summed E-state index contributed by atoms with van der Waals surface area (Å²) in [5.74, 6) is -2.13. The minimum absolute atomic E-state index is 0.0318. The van der Waals surface area contributed by atoms with Crippen LogP contribution in [-0.4, -0.2) is 27.8 Å². The van der Waals surface area contributed by atoms with Crippen molar-refractivity contribution in [3.05, 3.63) is 124 Å². The van der Waals surface area contributed by atoms with E-state index in [0.29, 0.717) is 28.5 Å². The molecule has 39 heavy (non-hydrogen) atoms. The summed E-state index contributed by atoms with van der Waals surface area (Å²) >= 11 is 0. The highest BCUT2D eigenvalue weighted by molar-refractivity contribution is 6.04. The second-order valence-corrected chi connectivity index (χ2v) is 8.67. The number of alkyl halides is 3. The van der Waals surface area contributed by atoms with E-state index in [2.05, 4.69) is 5.32 Å². The largest absolute Gasteiger partial charge is 0.480 e. The fourth-order valence-corrected chi connectivity index (χ4v) is 3.98. The molecule has 7 nitrogen and oxygen atoms in total. The normalized spacial score (nSPS) is 12.0. The van der Waals surface area contributed by atoms with Crippen molar-refractivity contribution < 1.29 is 32.7 Å². The van der Waals surface area contributed by atoms with E-state index in [0.717, 1.165) is 28.8 Å². The van der Waals surface area contributed by atoms with Gasteiger partial charge in [-0.05, 0) is 41.5 Å². The first-order valence-corrected chi connectivity index (χ1v) is 11.6. The van der Waals surface area contributed by atoms with Crippen LogP contribution in [0.3, 0.4) is 0 Å². The van der Waals surface area contributed by atoms with Crippen molar-refractivity contribution >= 4 is 23.9 Å². The molecule has 2 N–H and O–H groups in total. The molecule has 0 aliphatic rings. The van der Waals surface area contributed by atoms with Gasteiger partial charge >= 0.3 is 12.1 Å². The lowest BCUT2D eigenvalue weighted by atomic mass is 10.0. The Morgan fingerprint density at radius 3 is 2.13 bits per heavy atom. The molecule has 0 aliphatic heterocycles. The van der Waals surface area contributed by atoms with E-state index in [-0.39, 0.29) is 17.7 Å². The summed E-state index contributed by atoms with van der Waals surface area (Å²) in [7, 11) is 0. The first kappa shape index (κ1) is 27.1. The number of carboxylic acid groups (broad SMARTS) is 1. The number of amides is 1. The van der Waals surface area contributed by atoms with E-state index in [9.17, 15) is 37.5 Å². The highest BCUT2D eigenvalue weighted by Crippen LogP contribution is 2.29. The molecule has 1 heterocycles. The van der Waals surface area contributed by atoms with Gasteiger partial charge in [-0.2, -0.15) is 13.2 Å². The van der Waals surface area contributed by atoms with E-state index < -0.39 is 35.2 Å². The third-order valence-electron chi connectivity index (χ3n) is 6.04. The molecule has 0 spiro atoms. The van der Waals surface area contributed by atoms with E-state index in [1.807, 2.05) is 0 Å². The highest BCUT2D eigenvalue weighted by atomic mass is 19.4. The van der Waals surface area contributed by atoms with Crippen LogP contribution >= 0.6 is 0 Å². The number of rotatable bonds is 8. The molecule has 1 aromatic heterocycles. The van der Waals surface area contributed by atoms with Crippen molar-refractivity contribution in [2.75, 3.05) is 5.32 Å². The van der Waals surface area contributed by atoms with Crippen molar-refractivity contribution in [1.82, 2.24) is 4.57 Å². The molecule has 4 rings (SSSR count). The predicted octanol–water partition coefficient (Wildman–Crippen LogP) is 5.47. The fourth-order valence-electron chi connectivity index (χ4n) is 3.98. The molecule has 0 unspecified atom stereocenters. The van der Waals surface area contributed by atoms with E-state index >= 15 is 0 Å². The molecule has 1 atom stereocenters. The minimum atomic E-state index is -4.58. The number of hydrogen-bond acceptors (Lipinski definition) is 4. The van der Waals surface area contributed by atoms with Crippen LogP contribution in [0.5, 0.6) is 0 Å². The molecule has 0 bridgehead atoms. The zero-order valence-electron chi connectivity index (χ0n) is 20.2. The molecular weight excluding hydrogens is 513 g/mol. The first-order valence-electron chi connectivity index (χ1n) is 11.6. The number of aromatic nitrogens is 1. The second-order valence-electron chi connectivity index (χ2n) is 8.67. The maximum atomic E-state index is 13.4. The number of nitrogens with one attached hydrogen (secondary N) is 1. The van der Waals surface area contributed by atoms with Crippen LogP contribution in [0.4, 0.5) is 18.9 Å². The Balaban J connectivity index is 1.78. The Kier molecular flexibility index (Phi) is 7.75. The maximum Gasteiger partial charge on any atom is 0.416 e. The van der Waals surface area contributed by atoms with Crippen LogP contribution in [0, 0.1) is 0 Å². The average Bonchev–Trinajstić information content (AvgIpc) is 2.93. The van der Waals surface area contributed by atoms with Crippen LogP contribution in [0.1, 0.15) is 37.9 Å². The molecule has 0 fully saturated rings. The summed E-state index contributed by atoms with van der Waals surface area (Å²) in [6, 6.07) is 18.4. The summed E-state index contributed by atoms with van der Waals surface area (Å²) in [6.45, 7) is 0. The predicted molar refractivity (Wildman–Crippen MR) is 138 cm³/mol. The number of hydrogen-bond donors (Lipinski definition) is 2. The number of aliphatic carboxylic acids is 1. The molecule has 0 saturated heterocycles. The van der Waals surface area contributed by atoms with Crippen molar-refractivity contribution in [2.45, 2.75) is 18.6 Å². The van der Waals surface area contributed by atoms with Crippen molar-refractivity contribution in [1.29, 1.82) is 0 Å². The highest BCUT2D eigenvalue weighted by Gasteiger charge is 2.30. The SMILES string of the molecule is O=Cc1ccc(-c2cc(NC(=O)c3ccc(C(F)(F)F)cc3)c(=O)n([C@@H](Cc3ccccc3)C(=O)O)c2)cc1. The third-order valence-corrected chi connectivity index (χ3v) is 6.04. The average molecular weight is 534 g/mol. The van der Waals surface area contributed by atoms with Crippen LogP contribution in [0.15, 0.2) is 95.9 Å². The van der Waals surface area contributed by atoms with E-state index in [4.69, 9.17) is 0 Å². The smallest absolute Gasteiger partial charge is 0.416 e. The van der Waals surface area contributed by atoms with Crippen molar-refractivity contribution in [3.63, 3.8) is 0 Å². The van der Waals surface area contributed by atoms with Gasteiger partial charge in [-0.25, -0.2) is 4.79 Å². The molecule has 4 aromatic rings. The fraction of sp³-hybridized carbons (Fsp3) is 0.103. The zero-order chi connectivity index (χ0) is 28.2. The number of halogens is 3. The van der Waals surface area contributed by atoms with Gasteiger partial charge in [0, 0.05) is 29.3 Å². The Labute approximate surface area is 220 Å². The van der Waals surface area contributed by atoms with E-state index in [1.54, 1.807) is 42.5 Å². The van der Waals surface area contributed by atoms with Crippen LogP contribution in [0.2, 0.25) is 0 Å². The molecule has 198 valence electrons. The lowest BCUT2D eigenvalue weighted by Gasteiger charge is -2.19. The lowest BCUT2D eigenvalue weighted by molar-refractivity contribution is -0.141. The number of nitrogens with zero attached hydrogens (tertiary/aromatic N) is 1. The summed E-state index contributed by atoms with van der Waals surface area (Å²) in [4.78, 5) is 49.6. The first-order chi connectivity index (χ1) is 18.6. The standard InChI is InChI=1S/C29H21F3N2O5/c30-29(31,32)23-12-10-21(11-13-23)26(36)33-24-15-22(20-8-6-19(17-35)7-9-20)16-34(27(24)37)25(28(38)39)14-18-4-2-1-3-5-18/h1-13,15-17,25H,14H2,(H,33,36)(H,38,39)/t25-/m0/s1. The van der Waals surface area contributed by atoms with Crippen molar-refractivity contribution in [3.8, 4) is 11.1 Å². The molecule has 10 heteroatoms. The van der Waals surface area contributed by atoms with Gasteiger partial charge in [-0.15, -0.1) is 0 Å². The molecule has 1 amide bonds. The number of carbonyl (C=O) groups excluding carboxylic acids is 2. The van der Waals surface area contributed by atoms with Crippen LogP contribution in [-0.2, 0) is 17.4 Å². The number of aldehydes is 1.